The zero-order valence-electron chi connectivity index (χ0n) is 21.9. The van der Waals surface area contributed by atoms with E-state index in [-0.39, 0.29) is 18.0 Å². The second kappa shape index (κ2) is 9.00. The molecule has 1 N–H and O–H groups in total. The fourth-order valence-corrected chi connectivity index (χ4v) is 6.13. The van der Waals surface area contributed by atoms with Gasteiger partial charge in [0.25, 0.3) is 0 Å². The van der Waals surface area contributed by atoms with Crippen molar-refractivity contribution in [2.75, 3.05) is 0 Å². The number of carbonyl (C=O) groups is 1. The van der Waals surface area contributed by atoms with Gasteiger partial charge in [0.15, 0.2) is 5.78 Å². The molecule has 4 aromatic carbocycles. The summed E-state index contributed by atoms with van der Waals surface area (Å²) in [7, 11) is 0. The number of aromatic hydroxyl groups is 1. The summed E-state index contributed by atoms with van der Waals surface area (Å²) in [6.45, 7) is 8.09. The molecule has 0 radical (unpaired) electrons. The molecule has 2 aliphatic carbocycles. The molecule has 0 bridgehead atoms. The number of ketones is 1. The first-order valence-corrected chi connectivity index (χ1v) is 13.1. The number of phenols is 1. The van der Waals surface area contributed by atoms with Gasteiger partial charge in [-0.05, 0) is 109 Å². The Labute approximate surface area is 218 Å². The SMILES string of the molecule is Cc1cc(C)cc(-c2ccc3c(c2)CC[C@@H]3OC2CC(=O)c3cc(-c4cc(C)c(O)c(C)c4)ccc32)c1. The molecule has 3 heteroatoms. The lowest BCUT2D eigenvalue weighted by Gasteiger charge is -2.20. The van der Waals surface area contributed by atoms with E-state index in [1.54, 1.807) is 0 Å². The van der Waals surface area contributed by atoms with Gasteiger partial charge in [0, 0.05) is 12.0 Å². The lowest BCUT2D eigenvalue weighted by molar-refractivity contribution is -0.0111. The van der Waals surface area contributed by atoms with E-state index >= 15 is 0 Å². The summed E-state index contributed by atoms with van der Waals surface area (Å²) in [5.41, 5.74) is 13.1. The predicted molar refractivity (Wildman–Crippen MR) is 148 cm³/mol. The Morgan fingerprint density at radius 2 is 1.32 bits per heavy atom. The molecule has 37 heavy (non-hydrogen) atoms. The van der Waals surface area contributed by atoms with Crippen molar-refractivity contribution in [1.29, 1.82) is 0 Å². The van der Waals surface area contributed by atoms with Crippen LogP contribution < -0.4 is 0 Å². The van der Waals surface area contributed by atoms with Gasteiger partial charge in [-0.2, -0.15) is 0 Å². The minimum Gasteiger partial charge on any atom is -0.507 e. The van der Waals surface area contributed by atoms with Crippen LogP contribution in [0.25, 0.3) is 22.3 Å². The molecule has 0 amide bonds. The van der Waals surface area contributed by atoms with Crippen LogP contribution in [0.3, 0.4) is 0 Å². The van der Waals surface area contributed by atoms with Gasteiger partial charge < -0.3 is 9.84 Å². The molecular formula is C34H32O3. The smallest absolute Gasteiger partial charge is 0.166 e. The van der Waals surface area contributed by atoms with Gasteiger partial charge in [-0.15, -0.1) is 0 Å². The van der Waals surface area contributed by atoms with E-state index in [1.165, 1.54) is 33.4 Å². The molecule has 0 heterocycles. The van der Waals surface area contributed by atoms with Gasteiger partial charge in [0.05, 0.1) is 12.2 Å². The van der Waals surface area contributed by atoms with Crippen LogP contribution in [0.15, 0.2) is 66.7 Å². The van der Waals surface area contributed by atoms with E-state index in [0.717, 1.165) is 46.2 Å². The molecule has 0 saturated heterocycles. The second-order valence-corrected chi connectivity index (χ2v) is 10.8. The van der Waals surface area contributed by atoms with Crippen LogP contribution in [0.5, 0.6) is 5.75 Å². The monoisotopic (exact) mass is 488 g/mol. The van der Waals surface area contributed by atoms with E-state index < -0.39 is 0 Å². The summed E-state index contributed by atoms with van der Waals surface area (Å²) in [5, 5.41) is 10.1. The van der Waals surface area contributed by atoms with Gasteiger partial charge >= 0.3 is 0 Å². The van der Waals surface area contributed by atoms with Crippen molar-refractivity contribution in [2.45, 2.75) is 59.2 Å². The number of carbonyl (C=O) groups excluding carboxylic acids is 1. The minimum absolute atomic E-state index is 0.00844. The van der Waals surface area contributed by atoms with Gasteiger partial charge in [-0.25, -0.2) is 0 Å². The van der Waals surface area contributed by atoms with Crippen LogP contribution in [0.1, 0.15) is 74.4 Å². The molecule has 0 aromatic heterocycles. The third-order valence-corrected chi connectivity index (χ3v) is 7.95. The normalized spacial score (nSPS) is 18.2. The third kappa shape index (κ3) is 4.28. The quantitative estimate of drug-likeness (QED) is 0.314. The average molecular weight is 489 g/mol. The Morgan fingerprint density at radius 3 is 2.03 bits per heavy atom. The van der Waals surface area contributed by atoms with E-state index in [0.29, 0.717) is 12.2 Å². The van der Waals surface area contributed by atoms with Crippen molar-refractivity contribution in [3.05, 3.63) is 111 Å². The third-order valence-electron chi connectivity index (χ3n) is 7.95. The standard InChI is InChI=1S/C34H32O3/c1-19-11-20(2)13-26(12-19)23-5-8-28-25(16-23)7-10-32(28)37-33-18-31(35)30-17-24(6-9-29(30)33)27-14-21(3)34(36)22(4)15-27/h5-6,8-9,11-17,32-33,36H,7,10,18H2,1-4H3/t32-,33?/m0/s1. The van der Waals surface area contributed by atoms with Gasteiger partial charge in [-0.3, -0.25) is 4.79 Å². The maximum Gasteiger partial charge on any atom is 0.166 e. The first kappa shape index (κ1) is 23.7. The molecule has 0 fully saturated rings. The van der Waals surface area contributed by atoms with Gasteiger partial charge in [-0.1, -0.05) is 59.7 Å². The van der Waals surface area contributed by atoms with Crippen molar-refractivity contribution in [3.8, 4) is 28.0 Å². The van der Waals surface area contributed by atoms with Crippen molar-refractivity contribution in [1.82, 2.24) is 0 Å². The van der Waals surface area contributed by atoms with Crippen molar-refractivity contribution >= 4 is 5.78 Å². The van der Waals surface area contributed by atoms with Gasteiger partial charge in [0.2, 0.25) is 0 Å². The van der Waals surface area contributed by atoms with E-state index in [1.807, 2.05) is 32.0 Å². The number of hydrogen-bond acceptors (Lipinski definition) is 3. The first-order chi connectivity index (χ1) is 17.8. The average Bonchev–Trinajstić information content (AvgIpc) is 3.41. The van der Waals surface area contributed by atoms with Gasteiger partial charge in [0.1, 0.15) is 5.75 Å². The first-order valence-electron chi connectivity index (χ1n) is 13.1. The number of fused-ring (bicyclic) bond motifs is 2. The molecule has 2 aliphatic rings. The number of rotatable bonds is 4. The summed E-state index contributed by atoms with van der Waals surface area (Å²) in [5.74, 6) is 0.463. The lowest BCUT2D eigenvalue weighted by atomic mass is 9.96. The maximum atomic E-state index is 13.0. The van der Waals surface area contributed by atoms with Crippen LogP contribution >= 0.6 is 0 Å². The molecule has 2 atom stereocenters. The highest BCUT2D eigenvalue weighted by molar-refractivity contribution is 6.02. The zero-order chi connectivity index (χ0) is 25.8. The van der Waals surface area contributed by atoms with Crippen LogP contribution in [0.4, 0.5) is 0 Å². The Morgan fingerprint density at radius 1 is 0.703 bits per heavy atom. The van der Waals surface area contributed by atoms with Crippen LogP contribution in [-0.4, -0.2) is 10.9 Å². The number of aryl methyl sites for hydroxylation is 5. The highest BCUT2D eigenvalue weighted by Crippen LogP contribution is 2.44. The lowest BCUT2D eigenvalue weighted by Crippen LogP contribution is -2.06. The molecule has 4 aromatic rings. The summed E-state index contributed by atoms with van der Waals surface area (Å²) in [6, 6.07) is 23.5. The highest BCUT2D eigenvalue weighted by Gasteiger charge is 2.34. The molecule has 0 aliphatic heterocycles. The number of ether oxygens (including phenoxy) is 1. The van der Waals surface area contributed by atoms with Crippen molar-refractivity contribution in [3.63, 3.8) is 0 Å². The topological polar surface area (TPSA) is 46.5 Å². The van der Waals surface area contributed by atoms with E-state index in [9.17, 15) is 9.90 Å². The predicted octanol–water partition coefficient (Wildman–Crippen LogP) is 8.29. The number of benzene rings is 4. The minimum atomic E-state index is -0.213. The fourth-order valence-electron chi connectivity index (χ4n) is 6.13. The number of hydrogen-bond donors (Lipinski definition) is 1. The van der Waals surface area contributed by atoms with Crippen LogP contribution in [-0.2, 0) is 11.2 Å². The van der Waals surface area contributed by atoms with Crippen molar-refractivity contribution < 1.29 is 14.6 Å². The summed E-state index contributed by atoms with van der Waals surface area (Å²) in [6.07, 6.45) is 2.11. The Bertz CT molecular complexity index is 1520. The van der Waals surface area contributed by atoms with Crippen LogP contribution in [0, 0.1) is 27.7 Å². The molecule has 3 nitrogen and oxygen atoms in total. The van der Waals surface area contributed by atoms with Crippen molar-refractivity contribution in [2.24, 2.45) is 0 Å². The number of Topliss-reactive ketones (excluding diaryl/α,β-unsaturated/α-hetero) is 1. The fraction of sp³-hybridized carbons (Fsp3) is 0.265. The Hall–Kier alpha value is -3.69. The van der Waals surface area contributed by atoms with E-state index in [4.69, 9.17) is 4.74 Å². The summed E-state index contributed by atoms with van der Waals surface area (Å²) < 4.78 is 6.63. The molecule has 6 rings (SSSR count). The summed E-state index contributed by atoms with van der Waals surface area (Å²) >= 11 is 0. The molecule has 186 valence electrons. The van der Waals surface area contributed by atoms with Crippen LogP contribution in [0.2, 0.25) is 0 Å². The molecule has 1 unspecified atom stereocenters. The Kier molecular flexibility index (Phi) is 5.77. The largest absolute Gasteiger partial charge is 0.507 e. The molecular weight excluding hydrogens is 456 g/mol. The summed E-state index contributed by atoms with van der Waals surface area (Å²) in [4.78, 5) is 13.0. The molecule has 0 saturated carbocycles. The zero-order valence-corrected chi connectivity index (χ0v) is 21.9. The second-order valence-electron chi connectivity index (χ2n) is 10.8. The van der Waals surface area contributed by atoms with E-state index in [2.05, 4.69) is 62.4 Å². The Balaban J connectivity index is 1.25. The maximum absolute atomic E-state index is 13.0. The molecule has 0 spiro atoms. The highest BCUT2D eigenvalue weighted by atomic mass is 16.5. The number of phenolic OH excluding ortho intramolecular Hbond substituents is 1.